The summed E-state index contributed by atoms with van der Waals surface area (Å²) in [5, 5.41) is 3.32. The maximum atomic E-state index is 12.9. The van der Waals surface area contributed by atoms with Gasteiger partial charge in [0.05, 0.1) is 6.20 Å². The second kappa shape index (κ2) is 9.03. The van der Waals surface area contributed by atoms with Crippen molar-refractivity contribution in [2.24, 2.45) is 5.92 Å². The van der Waals surface area contributed by atoms with Crippen LogP contribution in [0.4, 0.5) is 4.39 Å². The van der Waals surface area contributed by atoms with E-state index in [4.69, 9.17) is 0 Å². The van der Waals surface area contributed by atoms with E-state index in [1.807, 2.05) is 0 Å². The highest BCUT2D eigenvalue weighted by atomic mass is 19.1. The number of nitrogens with zero attached hydrogens (tertiary/aromatic N) is 1. The number of unbranched alkanes of at least 4 members (excludes halogenated alkanes) is 3. The Labute approximate surface area is 110 Å². The number of nitrogens with one attached hydrogen (secondary N) is 1. The minimum atomic E-state index is -0.261. The van der Waals surface area contributed by atoms with Crippen LogP contribution in [0, 0.1) is 11.7 Å². The molecule has 0 saturated heterocycles. The van der Waals surface area contributed by atoms with Gasteiger partial charge in [-0.05, 0) is 30.5 Å². The molecule has 1 N–H and O–H groups in total. The van der Waals surface area contributed by atoms with Gasteiger partial charge >= 0.3 is 0 Å². The molecule has 1 rings (SSSR count). The molecule has 0 aliphatic carbocycles. The molecule has 102 valence electrons. The van der Waals surface area contributed by atoms with Crippen LogP contribution in [-0.4, -0.2) is 11.5 Å². The number of hydrogen-bond donors (Lipinski definition) is 1. The van der Waals surface area contributed by atoms with Gasteiger partial charge in [0.2, 0.25) is 0 Å². The van der Waals surface area contributed by atoms with Gasteiger partial charge in [-0.3, -0.25) is 4.98 Å². The lowest BCUT2D eigenvalue weighted by molar-refractivity contribution is 0.512. The molecule has 0 spiro atoms. The highest BCUT2D eigenvalue weighted by molar-refractivity contribution is 5.09. The number of halogens is 1. The molecule has 0 saturated carbocycles. The van der Waals surface area contributed by atoms with Crippen LogP contribution < -0.4 is 5.32 Å². The molecule has 0 aliphatic heterocycles. The third kappa shape index (κ3) is 7.38. The molecule has 1 aromatic rings. The highest BCUT2D eigenvalue weighted by Gasteiger charge is 1.97. The Bertz CT molecular complexity index is 326. The first-order valence-electron chi connectivity index (χ1n) is 6.98. The van der Waals surface area contributed by atoms with E-state index in [0.717, 1.165) is 18.0 Å². The monoisotopic (exact) mass is 252 g/mol. The predicted molar refractivity (Wildman–Crippen MR) is 73.8 cm³/mol. The lowest BCUT2D eigenvalue weighted by Crippen LogP contribution is -2.14. The number of hydrogen-bond acceptors (Lipinski definition) is 2. The fourth-order valence-corrected chi connectivity index (χ4v) is 1.94. The first-order valence-corrected chi connectivity index (χ1v) is 6.98. The van der Waals surface area contributed by atoms with Crippen LogP contribution in [0.15, 0.2) is 18.5 Å². The zero-order valence-corrected chi connectivity index (χ0v) is 11.6. The molecule has 0 bridgehead atoms. The lowest BCUT2D eigenvalue weighted by atomic mass is 10.0. The Hall–Kier alpha value is -0.960. The van der Waals surface area contributed by atoms with E-state index in [9.17, 15) is 4.39 Å². The van der Waals surface area contributed by atoms with Crippen LogP contribution >= 0.6 is 0 Å². The van der Waals surface area contributed by atoms with Crippen molar-refractivity contribution < 1.29 is 4.39 Å². The lowest BCUT2D eigenvalue weighted by Gasteiger charge is -2.06. The van der Waals surface area contributed by atoms with Gasteiger partial charge in [0.1, 0.15) is 5.82 Å². The summed E-state index contributed by atoms with van der Waals surface area (Å²) >= 11 is 0. The second-order valence-corrected chi connectivity index (χ2v) is 5.28. The van der Waals surface area contributed by atoms with Crippen molar-refractivity contribution >= 4 is 0 Å². The van der Waals surface area contributed by atoms with Gasteiger partial charge in [0.15, 0.2) is 0 Å². The van der Waals surface area contributed by atoms with E-state index < -0.39 is 0 Å². The van der Waals surface area contributed by atoms with Crippen molar-refractivity contribution in [2.45, 2.75) is 52.5 Å². The van der Waals surface area contributed by atoms with Crippen molar-refractivity contribution in [1.82, 2.24) is 10.3 Å². The zero-order valence-electron chi connectivity index (χ0n) is 11.6. The van der Waals surface area contributed by atoms with Gasteiger partial charge in [0, 0.05) is 12.7 Å². The standard InChI is InChI=1S/C15H25FN2/c1-13(2)7-5-3-4-6-8-17-10-14-9-15(16)12-18-11-14/h9,11-13,17H,3-8,10H2,1-2H3. The van der Waals surface area contributed by atoms with Gasteiger partial charge in [-0.2, -0.15) is 0 Å². The molecule has 3 heteroatoms. The van der Waals surface area contributed by atoms with Crippen LogP contribution in [0.2, 0.25) is 0 Å². The van der Waals surface area contributed by atoms with Gasteiger partial charge in [0.25, 0.3) is 0 Å². The Kier molecular flexibility index (Phi) is 7.58. The molecule has 0 amide bonds. The summed E-state index contributed by atoms with van der Waals surface area (Å²) in [5.74, 6) is 0.562. The zero-order chi connectivity index (χ0) is 13.2. The molecule has 2 nitrogen and oxygen atoms in total. The summed E-state index contributed by atoms with van der Waals surface area (Å²) in [6, 6.07) is 1.53. The third-order valence-electron chi connectivity index (χ3n) is 2.98. The van der Waals surface area contributed by atoms with Gasteiger partial charge in [-0.15, -0.1) is 0 Å². The van der Waals surface area contributed by atoms with E-state index >= 15 is 0 Å². The molecular formula is C15H25FN2. The van der Waals surface area contributed by atoms with E-state index in [0.29, 0.717) is 6.54 Å². The molecule has 0 radical (unpaired) electrons. The number of aromatic nitrogens is 1. The average Bonchev–Trinajstić information content (AvgIpc) is 2.32. The molecule has 0 atom stereocenters. The fraction of sp³-hybridized carbons (Fsp3) is 0.667. The molecule has 1 heterocycles. The van der Waals surface area contributed by atoms with Crippen molar-refractivity contribution in [3.8, 4) is 0 Å². The van der Waals surface area contributed by atoms with Crippen molar-refractivity contribution in [2.75, 3.05) is 6.54 Å². The Morgan fingerprint density at radius 3 is 2.67 bits per heavy atom. The van der Waals surface area contributed by atoms with E-state index in [1.165, 1.54) is 44.4 Å². The van der Waals surface area contributed by atoms with Gasteiger partial charge < -0.3 is 5.32 Å². The Morgan fingerprint density at radius 2 is 1.94 bits per heavy atom. The second-order valence-electron chi connectivity index (χ2n) is 5.28. The normalized spacial score (nSPS) is 11.1. The van der Waals surface area contributed by atoms with Crippen LogP contribution in [0.1, 0.15) is 51.5 Å². The maximum Gasteiger partial charge on any atom is 0.141 e. The summed E-state index contributed by atoms with van der Waals surface area (Å²) < 4.78 is 12.9. The molecule has 1 aromatic heterocycles. The topological polar surface area (TPSA) is 24.9 Å². The first kappa shape index (κ1) is 15.1. The Morgan fingerprint density at radius 1 is 1.17 bits per heavy atom. The summed E-state index contributed by atoms with van der Waals surface area (Å²) in [6.45, 7) is 6.25. The fourth-order valence-electron chi connectivity index (χ4n) is 1.94. The van der Waals surface area contributed by atoms with Crippen LogP contribution in [-0.2, 0) is 6.54 Å². The average molecular weight is 252 g/mol. The Balaban J connectivity index is 1.96. The quantitative estimate of drug-likeness (QED) is 0.674. The summed E-state index contributed by atoms with van der Waals surface area (Å²) in [6.07, 6.45) is 9.41. The molecule has 0 aliphatic rings. The highest BCUT2D eigenvalue weighted by Crippen LogP contribution is 2.09. The van der Waals surface area contributed by atoms with E-state index in [-0.39, 0.29) is 5.82 Å². The van der Waals surface area contributed by atoms with Crippen molar-refractivity contribution in [1.29, 1.82) is 0 Å². The van der Waals surface area contributed by atoms with Crippen molar-refractivity contribution in [3.63, 3.8) is 0 Å². The molecule has 0 unspecified atom stereocenters. The van der Waals surface area contributed by atoms with Crippen LogP contribution in [0.25, 0.3) is 0 Å². The maximum absolute atomic E-state index is 12.9. The minimum absolute atomic E-state index is 0.261. The minimum Gasteiger partial charge on any atom is -0.313 e. The molecule has 18 heavy (non-hydrogen) atoms. The van der Waals surface area contributed by atoms with E-state index in [2.05, 4.69) is 24.1 Å². The van der Waals surface area contributed by atoms with Gasteiger partial charge in [-0.1, -0.05) is 39.5 Å². The largest absolute Gasteiger partial charge is 0.313 e. The third-order valence-corrected chi connectivity index (χ3v) is 2.98. The predicted octanol–water partition coefficient (Wildman–Crippen LogP) is 3.92. The SMILES string of the molecule is CC(C)CCCCCCNCc1cncc(F)c1. The van der Waals surface area contributed by atoms with Crippen molar-refractivity contribution in [3.05, 3.63) is 29.8 Å². The molecular weight excluding hydrogens is 227 g/mol. The van der Waals surface area contributed by atoms with E-state index in [1.54, 1.807) is 6.20 Å². The number of pyridine rings is 1. The number of rotatable bonds is 9. The smallest absolute Gasteiger partial charge is 0.141 e. The first-order chi connectivity index (χ1) is 8.68. The van der Waals surface area contributed by atoms with Gasteiger partial charge in [-0.25, -0.2) is 4.39 Å². The molecule has 0 aromatic carbocycles. The summed E-state index contributed by atoms with van der Waals surface area (Å²) in [4.78, 5) is 3.83. The summed E-state index contributed by atoms with van der Waals surface area (Å²) in [5.41, 5.74) is 0.912. The van der Waals surface area contributed by atoms with Crippen LogP contribution in [0.5, 0.6) is 0 Å². The summed E-state index contributed by atoms with van der Waals surface area (Å²) in [7, 11) is 0. The van der Waals surface area contributed by atoms with Crippen LogP contribution in [0.3, 0.4) is 0 Å². The molecule has 0 fully saturated rings.